The lowest BCUT2D eigenvalue weighted by Gasteiger charge is -2.51. The van der Waals surface area contributed by atoms with E-state index in [1.54, 1.807) is 0 Å². The summed E-state index contributed by atoms with van der Waals surface area (Å²) < 4.78 is 73.9. The molecule has 672 valence electrons. The molecule has 12 N–H and O–H groups in total. The fourth-order valence-corrected chi connectivity index (χ4v) is 18.1. The Hall–Kier alpha value is -14.0. The number of carbonyl (C=O) groups excluding carboxylic acids is 16. The molecular weight excluding hydrogens is 1760 g/mol. The first-order chi connectivity index (χ1) is 60.3. The van der Waals surface area contributed by atoms with E-state index in [4.69, 9.17) is 107 Å². The van der Waals surface area contributed by atoms with Gasteiger partial charge in [0, 0.05) is 39.6 Å². The second kappa shape index (κ2) is 41.5. The number of amides is 12. The first-order valence-corrected chi connectivity index (χ1v) is 40.7. The van der Waals surface area contributed by atoms with E-state index in [1.165, 1.54) is 135 Å². The lowest BCUT2D eigenvalue weighted by molar-refractivity contribution is -0.229. The maximum absolute atomic E-state index is 13.8. The molecule has 0 radical (unpaired) electrons. The largest absolute Gasteiger partial charge is 0.462 e. The number of nitrogens with two attached hydrogens (primary N) is 4. The van der Waals surface area contributed by atoms with Crippen molar-refractivity contribution >= 4 is 165 Å². The summed E-state index contributed by atoms with van der Waals surface area (Å²) in [6.07, 6.45) is -5.28. The molecule has 126 heavy (non-hydrogen) atoms. The van der Waals surface area contributed by atoms with Crippen molar-refractivity contribution in [2.24, 2.45) is 43.6 Å². The van der Waals surface area contributed by atoms with Crippen molar-refractivity contribution in [1.82, 2.24) is 40.9 Å². The molecule has 0 aromatic carbocycles. The molecule has 12 heterocycles. The van der Waals surface area contributed by atoms with Crippen LogP contribution >= 0.6 is 47.0 Å². The zero-order valence-electron chi connectivity index (χ0n) is 66.9. The van der Waals surface area contributed by atoms with Gasteiger partial charge in [-0.05, 0) is 81.6 Å². The smallest absolute Gasteiger partial charge is 0.404 e. The summed E-state index contributed by atoms with van der Waals surface area (Å²) >= 11 is 4.46. The number of rotatable bonds is 36. The fraction of sp³-hybridized carbons (Fsp3) is 0.389. The highest BCUT2D eigenvalue weighted by molar-refractivity contribution is 8.03. The second-order valence-corrected chi connectivity index (χ2v) is 30.6. The molecule has 0 saturated carbocycles. The van der Waals surface area contributed by atoms with Gasteiger partial charge in [-0.15, -0.1) is 47.0 Å². The Bertz CT molecular complexity index is 4920. The van der Waals surface area contributed by atoms with Crippen molar-refractivity contribution in [3.8, 4) is 0 Å². The van der Waals surface area contributed by atoms with Gasteiger partial charge in [-0.2, -0.15) is 0 Å². The monoisotopic (exact) mass is 1840 g/mol. The van der Waals surface area contributed by atoms with Crippen LogP contribution in [0.2, 0.25) is 0 Å². The average Bonchev–Trinajstić information content (AvgIpc) is 0.963. The minimum Gasteiger partial charge on any atom is -0.462 e. The van der Waals surface area contributed by atoms with Gasteiger partial charge in [0.25, 0.3) is 41.4 Å². The van der Waals surface area contributed by atoms with E-state index in [0.717, 1.165) is 66.6 Å². The number of esters is 4. The van der Waals surface area contributed by atoms with Crippen LogP contribution in [0.1, 0.15) is 50.7 Å². The van der Waals surface area contributed by atoms with Gasteiger partial charge in [0.1, 0.15) is 118 Å². The summed E-state index contributed by atoms with van der Waals surface area (Å²) in [5, 5.41) is 23.1. The Morgan fingerprint density at radius 1 is 0.413 bits per heavy atom. The number of furan rings is 4. The van der Waals surface area contributed by atoms with Gasteiger partial charge in [0.15, 0.2) is 29.1 Å². The Morgan fingerprint density at radius 2 is 0.690 bits per heavy atom. The van der Waals surface area contributed by atoms with Crippen LogP contribution in [0, 0.1) is 0 Å². The summed E-state index contributed by atoms with van der Waals surface area (Å²) in [7, 11) is 4.87. The number of hydrogen-bond donors (Lipinski definition) is 8. The number of β-lactam (4-membered cyclic amide) rings is 4. The van der Waals surface area contributed by atoms with Crippen molar-refractivity contribution in [2.45, 2.75) is 105 Å². The normalized spacial score (nSPS) is 22.2. The van der Waals surface area contributed by atoms with Gasteiger partial charge in [-0.1, -0.05) is 20.6 Å². The van der Waals surface area contributed by atoms with Crippen LogP contribution in [0.25, 0.3) is 0 Å². The van der Waals surface area contributed by atoms with Gasteiger partial charge in [0.2, 0.25) is 53.9 Å². The molecule has 4 aromatic rings. The van der Waals surface area contributed by atoms with Crippen molar-refractivity contribution < 1.29 is 161 Å². The molecule has 50 nitrogen and oxygen atoms in total. The number of hydrogen-bond acceptors (Lipinski definition) is 42. The number of fused-ring (bicyclic) bond motifs is 4. The fourth-order valence-electron chi connectivity index (χ4n) is 12.9. The van der Waals surface area contributed by atoms with Gasteiger partial charge in [-0.25, -0.2) is 38.4 Å². The molecule has 4 fully saturated rings. The van der Waals surface area contributed by atoms with Gasteiger partial charge in [0.05, 0.1) is 25.1 Å². The molecule has 12 amide bonds. The Kier molecular flexibility index (Phi) is 30.5. The summed E-state index contributed by atoms with van der Waals surface area (Å²) in [6.45, 7) is 3.12. The van der Waals surface area contributed by atoms with E-state index in [-0.39, 0.29) is 103 Å². The number of oxime groups is 4. The van der Waals surface area contributed by atoms with Crippen LogP contribution in [0.3, 0.4) is 0 Å². The maximum atomic E-state index is 13.8. The van der Waals surface area contributed by atoms with Crippen LogP contribution in [-0.4, -0.2) is 287 Å². The first-order valence-electron chi connectivity index (χ1n) is 36.6. The summed E-state index contributed by atoms with van der Waals surface area (Å²) in [6, 6.07) is 5.83. The maximum Gasteiger partial charge on any atom is 0.404 e. The van der Waals surface area contributed by atoms with E-state index < -0.39 is 199 Å². The average molecular weight is 1840 g/mol. The standard InChI is InChI=1S/2C36H38N8O17S2/c2*1-15(60-33(49)25-17(11-57-35(37)51)13-62-31-23(29(47)43(25)31)39-27(45)21(41-53-3)19-7-5-9-55-19)59-16(2)61-34(50)26-18(12-58-36(38)52)14-63-32-24(30(48)44(26)32)40-28(46)22(42-54-4)20-8-6-10-56-20/h5-10,15-16,23-24,31-32H,11-14H2,1-4H3,(H2,37,51)(H2,38,52)(H,39,45)(H,40,46);5-10,13,15-16,23-25,31-32H,11-12,14H2,1-4H3,(H2,37,51)(H2,38,52)(H,39,45)(H,40,46)/b2*41-21-,42-22-/t15?,16?,23-,24+,31-,32+;15?,16?,23-,24+,25?,31-,32+/m.1/s1. The van der Waals surface area contributed by atoms with Gasteiger partial charge >= 0.3 is 48.3 Å². The predicted molar refractivity (Wildman–Crippen MR) is 424 cm³/mol. The topological polar surface area (TPSA) is 670 Å². The molecule has 5 unspecified atom stereocenters. The van der Waals surface area contributed by atoms with Crippen LogP contribution in [-0.2, 0) is 124 Å². The summed E-state index contributed by atoms with van der Waals surface area (Å²) in [5.41, 5.74) is 19.2. The van der Waals surface area contributed by atoms with E-state index >= 15 is 0 Å². The molecule has 8 aliphatic heterocycles. The zero-order chi connectivity index (χ0) is 91.1. The predicted octanol–water partition coefficient (Wildman–Crippen LogP) is -0.867. The lowest BCUT2D eigenvalue weighted by atomic mass is 9.98. The molecule has 12 rings (SSSR count). The molecular formula is C72H76N16O34S4. The van der Waals surface area contributed by atoms with Crippen molar-refractivity contribution in [1.29, 1.82) is 0 Å². The Balaban J connectivity index is 0.000000245. The van der Waals surface area contributed by atoms with Gasteiger partial charge in [-0.3, -0.25) is 53.1 Å². The first kappa shape index (κ1) is 92.7. The number of nitrogens with zero attached hydrogens (tertiary/aromatic N) is 8. The van der Waals surface area contributed by atoms with Crippen LogP contribution in [0.4, 0.5) is 19.2 Å². The number of nitrogens with one attached hydrogen (secondary N) is 4. The van der Waals surface area contributed by atoms with Crippen LogP contribution < -0.4 is 44.2 Å². The van der Waals surface area contributed by atoms with E-state index in [0.29, 0.717) is 0 Å². The lowest BCUT2D eigenvalue weighted by Crippen LogP contribution is -2.74. The minimum absolute atomic E-state index is 0.0284. The number of carbonyl (C=O) groups is 16. The van der Waals surface area contributed by atoms with Crippen LogP contribution in [0.15, 0.2) is 157 Å². The Morgan fingerprint density at radius 3 is 0.960 bits per heavy atom. The third kappa shape index (κ3) is 20.9. The molecule has 0 spiro atoms. The molecule has 13 atom stereocenters. The van der Waals surface area contributed by atoms with Crippen LogP contribution in [0.5, 0.6) is 0 Å². The number of ether oxygens (including phenoxy) is 10. The van der Waals surface area contributed by atoms with Crippen molar-refractivity contribution in [3.05, 3.63) is 141 Å². The molecule has 4 saturated heterocycles. The Labute approximate surface area is 725 Å². The third-order valence-electron chi connectivity index (χ3n) is 18.2. The number of thioether (sulfide) groups is 4. The van der Waals surface area contributed by atoms with Gasteiger partial charge < -0.3 is 133 Å². The van der Waals surface area contributed by atoms with E-state index in [1.807, 2.05) is 0 Å². The zero-order valence-corrected chi connectivity index (χ0v) is 70.1. The highest BCUT2D eigenvalue weighted by Gasteiger charge is 2.60. The highest BCUT2D eigenvalue weighted by atomic mass is 32.2. The third-order valence-corrected chi connectivity index (χ3v) is 23.4. The quantitative estimate of drug-likeness (QED) is 0.00685. The molecule has 0 aliphatic carbocycles. The molecule has 54 heteroatoms. The number of primary amides is 4. The second-order valence-electron chi connectivity index (χ2n) is 26.3. The molecule has 4 aromatic heterocycles. The molecule has 0 bridgehead atoms. The minimum atomic E-state index is -1.49. The molecule has 8 aliphatic rings. The summed E-state index contributed by atoms with van der Waals surface area (Å²) in [5.74, 6) is -10.2. The van der Waals surface area contributed by atoms with Crippen molar-refractivity contribution in [2.75, 3.05) is 72.1 Å². The highest BCUT2D eigenvalue weighted by Crippen LogP contribution is 2.46. The van der Waals surface area contributed by atoms with Crippen molar-refractivity contribution in [3.63, 3.8) is 0 Å². The van der Waals surface area contributed by atoms with E-state index in [2.05, 4.69) is 41.9 Å². The summed E-state index contributed by atoms with van der Waals surface area (Å²) in [4.78, 5) is 231. The SMILES string of the molecule is CO/N=C(\C(=O)N[C@@H]1C(=O)N2C(C(=O)OC(C)OC(C)OC(=O)C3=C(COC(N)=O)CS[C@H]4[C@@H](NC(=O)/C(=N\OC)c5ccco5)C(=O)N34)=C(COC(N)=O)CS[C@H]12)c1ccco1.CO/N=C(\C(=O)N[C@@H]1C(=O)N2C(C(=O)OC(C)OC(C)OC(=O)C3=C(COC(N)=O)CS[C@H]4[C@@H](NC(=O)/C(=N\OC)c5ccco5)C(=O)N34)C(COC(N)=O)=CS[C@H]12)c1ccco1. The van der Waals surface area contributed by atoms with E-state index in [9.17, 15) is 76.7 Å².